The van der Waals surface area contributed by atoms with Crippen LogP contribution >= 0.6 is 11.6 Å². The maximum atomic E-state index is 13.4. The Morgan fingerprint density at radius 3 is 2.39 bits per heavy atom. The molecule has 1 unspecified atom stereocenters. The van der Waals surface area contributed by atoms with Gasteiger partial charge in [0.15, 0.2) is 0 Å². The number of halogens is 1. The van der Waals surface area contributed by atoms with Crippen LogP contribution in [-0.2, 0) is 20.8 Å². The summed E-state index contributed by atoms with van der Waals surface area (Å²) in [5.74, 6) is -0.161. The highest BCUT2D eigenvalue weighted by atomic mass is 35.5. The summed E-state index contributed by atoms with van der Waals surface area (Å²) in [7, 11) is 0. The minimum absolute atomic E-state index is 0.0161. The first-order valence-electron chi connectivity index (χ1n) is 20.2. The van der Waals surface area contributed by atoms with Crippen molar-refractivity contribution in [1.82, 2.24) is 25.4 Å². The van der Waals surface area contributed by atoms with Gasteiger partial charge in [-0.05, 0) is 80.3 Å². The topological polar surface area (TPSA) is 174 Å². The van der Waals surface area contributed by atoms with Gasteiger partial charge < -0.3 is 19.7 Å². The lowest BCUT2D eigenvalue weighted by atomic mass is 9.49. The fraction of sp³-hybridized carbons (Fsp3) is 0.477. The molecule has 3 aliphatic heterocycles. The highest BCUT2D eigenvalue weighted by Crippen LogP contribution is 2.55. The summed E-state index contributed by atoms with van der Waals surface area (Å²) in [5, 5.41) is 15.0. The van der Waals surface area contributed by atoms with E-state index >= 15 is 0 Å². The normalized spacial score (nSPS) is 22.5. The van der Waals surface area contributed by atoms with E-state index in [1.807, 2.05) is 12.1 Å². The van der Waals surface area contributed by atoms with Crippen molar-refractivity contribution < 1.29 is 33.4 Å². The summed E-state index contributed by atoms with van der Waals surface area (Å²) in [5.41, 5.74) is 1.09. The Balaban J connectivity index is 0.803. The fourth-order valence-corrected chi connectivity index (χ4v) is 9.48. The van der Waals surface area contributed by atoms with Gasteiger partial charge in [0.1, 0.15) is 35.5 Å². The molecule has 3 aromatic rings. The molecule has 2 aromatic carbocycles. The molecule has 4 heterocycles. The zero-order chi connectivity index (χ0) is 42.1. The third-order valence-corrected chi connectivity index (χ3v) is 12.5. The molecule has 310 valence electrons. The molecule has 0 radical (unpaired) electrons. The Hall–Kier alpha value is -5.52. The number of imide groups is 2. The Morgan fingerprint density at radius 1 is 0.966 bits per heavy atom. The van der Waals surface area contributed by atoms with Crippen LogP contribution in [0, 0.1) is 22.2 Å². The number of anilines is 1. The Bertz CT molecular complexity index is 2160. The number of hydrogen-bond donors (Lipinski definition) is 2. The van der Waals surface area contributed by atoms with Gasteiger partial charge in [0.05, 0.1) is 29.2 Å². The molecule has 15 heteroatoms. The van der Waals surface area contributed by atoms with E-state index in [4.69, 9.17) is 21.1 Å². The Morgan fingerprint density at radius 2 is 1.71 bits per heavy atom. The van der Waals surface area contributed by atoms with Gasteiger partial charge in [0.25, 0.3) is 11.8 Å². The molecule has 0 bridgehead atoms. The summed E-state index contributed by atoms with van der Waals surface area (Å²) in [6, 6.07) is 14.8. The number of hydrogen-bond acceptors (Lipinski definition) is 11. The van der Waals surface area contributed by atoms with Gasteiger partial charge in [-0.2, -0.15) is 5.26 Å². The monoisotopic (exact) mass is 823 g/mol. The molecule has 59 heavy (non-hydrogen) atoms. The number of nitriles is 1. The van der Waals surface area contributed by atoms with E-state index in [2.05, 4.69) is 59.2 Å². The van der Waals surface area contributed by atoms with Crippen molar-refractivity contribution in [2.75, 3.05) is 44.2 Å². The maximum Gasteiger partial charge on any atom is 0.261 e. The number of carbonyl (C=O) groups excluding carboxylic acids is 5. The molecule has 2 saturated heterocycles. The number of amides is 5. The second-order valence-corrected chi connectivity index (χ2v) is 17.4. The lowest BCUT2D eigenvalue weighted by Crippen LogP contribution is -2.74. The number of pyridine rings is 1. The molecule has 0 spiro atoms. The van der Waals surface area contributed by atoms with Crippen LogP contribution in [0.25, 0.3) is 0 Å². The van der Waals surface area contributed by atoms with Crippen LogP contribution in [0.15, 0.2) is 54.7 Å². The number of benzene rings is 2. The molecule has 1 saturated carbocycles. The number of piperidine rings is 1. The molecule has 4 aliphatic rings. The smallest absolute Gasteiger partial charge is 0.261 e. The number of rotatable bonds is 13. The number of carbonyl (C=O) groups is 5. The predicted molar refractivity (Wildman–Crippen MR) is 219 cm³/mol. The number of fused-ring (bicyclic) bond motifs is 1. The maximum absolute atomic E-state index is 13.4. The number of nitrogens with one attached hydrogen (secondary N) is 2. The number of aromatic nitrogens is 1. The van der Waals surface area contributed by atoms with Crippen LogP contribution in [0.5, 0.6) is 11.5 Å². The molecule has 1 aromatic heterocycles. The van der Waals surface area contributed by atoms with Crippen molar-refractivity contribution in [3.63, 3.8) is 0 Å². The molecule has 14 nitrogen and oxygen atoms in total. The van der Waals surface area contributed by atoms with Crippen LogP contribution < -0.4 is 25.0 Å². The molecule has 1 atom stereocenters. The van der Waals surface area contributed by atoms with Crippen molar-refractivity contribution >= 4 is 47.0 Å². The van der Waals surface area contributed by atoms with Crippen molar-refractivity contribution in [2.24, 2.45) is 10.8 Å². The molecule has 5 amide bonds. The van der Waals surface area contributed by atoms with E-state index in [-0.39, 0.29) is 48.1 Å². The fourth-order valence-electron chi connectivity index (χ4n) is 9.27. The van der Waals surface area contributed by atoms with E-state index in [0.717, 1.165) is 62.7 Å². The SMILES string of the molecule is CC1(C)C(NC(=O)c2ccc(N3CCN(CCCCCOc4ccc5c(c4)CC(=O)N(C4CCC(=O)NC4=O)C5=O)CC3)nc2)C(C)(C)C1Oc1ccc(C#N)c(Cl)c1. The summed E-state index contributed by atoms with van der Waals surface area (Å²) in [6.45, 7) is 13.3. The summed E-state index contributed by atoms with van der Waals surface area (Å²) < 4.78 is 12.3. The molecule has 3 fully saturated rings. The quantitative estimate of drug-likeness (QED) is 0.177. The number of piperazine rings is 1. The van der Waals surface area contributed by atoms with E-state index in [9.17, 15) is 29.2 Å². The highest BCUT2D eigenvalue weighted by molar-refractivity contribution is 6.31. The lowest BCUT2D eigenvalue weighted by molar-refractivity contribution is -0.164. The van der Waals surface area contributed by atoms with Crippen molar-refractivity contribution in [1.29, 1.82) is 5.26 Å². The van der Waals surface area contributed by atoms with Crippen LogP contribution in [0.4, 0.5) is 5.82 Å². The molecule has 7 rings (SSSR count). The number of ether oxygens (including phenoxy) is 2. The minimum atomic E-state index is -0.974. The molecule has 1 aliphatic carbocycles. The summed E-state index contributed by atoms with van der Waals surface area (Å²) >= 11 is 6.24. The zero-order valence-corrected chi connectivity index (χ0v) is 34.6. The van der Waals surface area contributed by atoms with Crippen molar-refractivity contribution in [2.45, 2.75) is 84.4 Å². The summed E-state index contributed by atoms with van der Waals surface area (Å²) in [4.78, 5) is 73.7. The van der Waals surface area contributed by atoms with Gasteiger partial charge in [0.2, 0.25) is 17.7 Å². The van der Waals surface area contributed by atoms with Gasteiger partial charge in [-0.15, -0.1) is 0 Å². The zero-order valence-electron chi connectivity index (χ0n) is 33.9. The average Bonchev–Trinajstić information content (AvgIpc) is 3.21. The van der Waals surface area contributed by atoms with Crippen LogP contribution in [0.3, 0.4) is 0 Å². The van der Waals surface area contributed by atoms with E-state index in [0.29, 0.717) is 45.4 Å². The van der Waals surface area contributed by atoms with Gasteiger partial charge in [-0.3, -0.25) is 39.1 Å². The lowest BCUT2D eigenvalue weighted by Gasteiger charge is -2.63. The number of nitrogens with zero attached hydrogens (tertiary/aromatic N) is 5. The molecular weight excluding hydrogens is 774 g/mol. The van der Waals surface area contributed by atoms with Gasteiger partial charge in [-0.25, -0.2) is 4.98 Å². The minimum Gasteiger partial charge on any atom is -0.494 e. The Labute approximate surface area is 349 Å². The van der Waals surface area contributed by atoms with Crippen LogP contribution in [-0.4, -0.2) is 102 Å². The Kier molecular flexibility index (Phi) is 12.0. The van der Waals surface area contributed by atoms with E-state index < -0.39 is 29.7 Å². The van der Waals surface area contributed by atoms with E-state index in [1.54, 1.807) is 42.6 Å². The molecular formula is C44H50ClN7O7. The van der Waals surface area contributed by atoms with Gasteiger partial charge in [-0.1, -0.05) is 39.3 Å². The van der Waals surface area contributed by atoms with Crippen molar-refractivity contribution in [3.05, 3.63) is 82.0 Å². The predicted octanol–water partition coefficient (Wildman–Crippen LogP) is 4.92. The first-order valence-corrected chi connectivity index (χ1v) is 20.6. The van der Waals surface area contributed by atoms with Crippen molar-refractivity contribution in [3.8, 4) is 17.6 Å². The van der Waals surface area contributed by atoms with Crippen LogP contribution in [0.1, 0.15) is 91.6 Å². The summed E-state index contributed by atoms with van der Waals surface area (Å²) in [6.07, 6.45) is 4.52. The highest BCUT2D eigenvalue weighted by Gasteiger charge is 2.64. The van der Waals surface area contributed by atoms with Crippen LogP contribution in [0.2, 0.25) is 5.02 Å². The largest absolute Gasteiger partial charge is 0.494 e. The van der Waals surface area contributed by atoms with Gasteiger partial charge in [0, 0.05) is 67.3 Å². The second-order valence-electron chi connectivity index (χ2n) is 17.0. The van der Waals surface area contributed by atoms with Gasteiger partial charge >= 0.3 is 0 Å². The number of unbranched alkanes of at least 4 members (excludes halogenated alkanes) is 2. The average molecular weight is 824 g/mol. The second kappa shape index (κ2) is 17.0. The first kappa shape index (κ1) is 41.6. The standard InChI is InChI=1S/C44H50ClN7O7/c1-43(2)41(44(3,4)42(43)59-31-10-8-27(25-46)33(45)24-31)49-38(55)28-9-14-35(47-26-28)51-19-17-50(18-20-51)16-6-5-7-21-58-30-11-12-32-29(22-30)23-37(54)52(40(32)57)34-13-15-36(53)48-39(34)56/h8-12,14,22,24,26,34,41-42H,5-7,13,15-21,23H2,1-4H3,(H,49,55)(H,48,53,56). The first-order chi connectivity index (χ1) is 28.2. The molecule has 2 N–H and O–H groups in total. The third kappa shape index (κ3) is 8.63. The third-order valence-electron chi connectivity index (χ3n) is 12.2. The van der Waals surface area contributed by atoms with E-state index in [1.165, 1.54) is 0 Å².